The first-order valence-corrected chi connectivity index (χ1v) is 9.80. The number of rotatable bonds is 5. The molecule has 150 valence electrons. The van der Waals surface area contributed by atoms with Crippen molar-refractivity contribution >= 4 is 40.1 Å². The first-order chi connectivity index (χ1) is 14.0. The van der Waals surface area contributed by atoms with Gasteiger partial charge in [-0.15, -0.1) is 0 Å². The lowest BCUT2D eigenvalue weighted by Crippen LogP contribution is -2.34. The average molecular weight is 413 g/mol. The van der Waals surface area contributed by atoms with Crippen LogP contribution in [0.15, 0.2) is 42.5 Å². The van der Waals surface area contributed by atoms with E-state index in [-0.39, 0.29) is 17.9 Å². The van der Waals surface area contributed by atoms with Gasteiger partial charge in [0.15, 0.2) is 0 Å². The van der Waals surface area contributed by atoms with E-state index in [4.69, 9.17) is 16.3 Å². The van der Waals surface area contributed by atoms with Gasteiger partial charge in [-0.2, -0.15) is 0 Å². The molecule has 3 aromatic rings. The number of hydrogen-bond donors (Lipinski definition) is 2. The van der Waals surface area contributed by atoms with E-state index in [9.17, 15) is 9.59 Å². The monoisotopic (exact) mass is 412 g/mol. The molecule has 1 aliphatic rings. The predicted molar refractivity (Wildman–Crippen MR) is 111 cm³/mol. The Bertz CT molecular complexity index is 1060. The van der Waals surface area contributed by atoms with Gasteiger partial charge in [0.25, 0.3) is 5.91 Å². The van der Waals surface area contributed by atoms with Crippen LogP contribution in [0.25, 0.3) is 11.0 Å². The standard InChI is InChI=1S/C21H21ClN4O3/c1-26-17-9-8-15(24-20(27)13-4-6-14(22)7-5-13)11-16(17)25-19(26)12-23-21(28)18-3-2-10-29-18/h4-9,11,18H,2-3,10,12H2,1H3,(H,23,28)(H,24,27)/t18-/m1/s1. The highest BCUT2D eigenvalue weighted by Crippen LogP contribution is 2.21. The van der Waals surface area contributed by atoms with Crippen LogP contribution in [0.3, 0.4) is 0 Å². The molecule has 7 nitrogen and oxygen atoms in total. The third-order valence-corrected chi connectivity index (χ3v) is 5.23. The quantitative estimate of drug-likeness (QED) is 0.673. The van der Waals surface area contributed by atoms with E-state index < -0.39 is 0 Å². The van der Waals surface area contributed by atoms with Crippen LogP contribution in [-0.2, 0) is 23.1 Å². The summed E-state index contributed by atoms with van der Waals surface area (Å²) in [6.45, 7) is 0.950. The summed E-state index contributed by atoms with van der Waals surface area (Å²) in [5.74, 6) is 0.402. The number of carbonyl (C=O) groups is 2. The molecule has 8 heteroatoms. The van der Waals surface area contributed by atoms with Crippen LogP contribution in [0.2, 0.25) is 5.02 Å². The van der Waals surface area contributed by atoms with Gasteiger partial charge in [-0.25, -0.2) is 4.98 Å². The fourth-order valence-electron chi connectivity index (χ4n) is 3.35. The number of fused-ring (bicyclic) bond motifs is 1. The minimum Gasteiger partial charge on any atom is -0.368 e. The third kappa shape index (κ3) is 4.26. The Morgan fingerprint density at radius 2 is 2.03 bits per heavy atom. The minimum atomic E-state index is -0.362. The minimum absolute atomic E-state index is 0.106. The number of nitrogens with zero attached hydrogens (tertiary/aromatic N) is 2. The maximum Gasteiger partial charge on any atom is 0.255 e. The first-order valence-electron chi connectivity index (χ1n) is 9.43. The summed E-state index contributed by atoms with van der Waals surface area (Å²) in [7, 11) is 1.90. The molecule has 0 saturated carbocycles. The van der Waals surface area contributed by atoms with Crippen LogP contribution >= 0.6 is 11.6 Å². The van der Waals surface area contributed by atoms with Gasteiger partial charge < -0.3 is 19.9 Å². The molecule has 0 unspecified atom stereocenters. The predicted octanol–water partition coefficient (Wildman–Crippen LogP) is 3.27. The van der Waals surface area contributed by atoms with Crippen molar-refractivity contribution in [2.45, 2.75) is 25.5 Å². The summed E-state index contributed by atoms with van der Waals surface area (Å²) >= 11 is 5.87. The highest BCUT2D eigenvalue weighted by molar-refractivity contribution is 6.30. The van der Waals surface area contributed by atoms with Crippen molar-refractivity contribution in [2.75, 3.05) is 11.9 Å². The fraction of sp³-hybridized carbons (Fsp3) is 0.286. The third-order valence-electron chi connectivity index (χ3n) is 4.98. The molecular weight excluding hydrogens is 392 g/mol. The second kappa shape index (κ2) is 8.23. The highest BCUT2D eigenvalue weighted by Gasteiger charge is 2.23. The van der Waals surface area contributed by atoms with Crippen molar-refractivity contribution in [3.8, 4) is 0 Å². The van der Waals surface area contributed by atoms with Crippen LogP contribution in [0.5, 0.6) is 0 Å². The van der Waals surface area contributed by atoms with Crippen molar-refractivity contribution in [1.82, 2.24) is 14.9 Å². The first kappa shape index (κ1) is 19.4. The number of amides is 2. The lowest BCUT2D eigenvalue weighted by Gasteiger charge is -2.10. The van der Waals surface area contributed by atoms with Gasteiger partial charge in [0.2, 0.25) is 5.91 Å². The molecule has 1 atom stereocenters. The Morgan fingerprint density at radius 3 is 2.76 bits per heavy atom. The number of nitrogens with one attached hydrogen (secondary N) is 2. The number of anilines is 1. The molecule has 2 amide bonds. The number of ether oxygens (including phenoxy) is 1. The zero-order valence-corrected chi connectivity index (χ0v) is 16.7. The zero-order chi connectivity index (χ0) is 20.4. The summed E-state index contributed by atoms with van der Waals surface area (Å²) in [6.07, 6.45) is 1.30. The number of carbonyl (C=O) groups excluding carboxylic acids is 2. The molecule has 1 aromatic heterocycles. The van der Waals surface area contributed by atoms with E-state index >= 15 is 0 Å². The van der Waals surface area contributed by atoms with E-state index in [2.05, 4.69) is 15.6 Å². The normalized spacial score (nSPS) is 16.1. The maximum absolute atomic E-state index is 12.4. The Hall–Kier alpha value is -2.90. The SMILES string of the molecule is Cn1c(CNC(=O)[C@H]2CCCO2)nc2cc(NC(=O)c3ccc(Cl)cc3)ccc21. The fourth-order valence-corrected chi connectivity index (χ4v) is 3.48. The van der Waals surface area contributed by atoms with Crippen molar-refractivity contribution in [3.63, 3.8) is 0 Å². The smallest absolute Gasteiger partial charge is 0.255 e. The molecule has 4 rings (SSSR count). The Labute approximate surface area is 173 Å². The van der Waals surface area contributed by atoms with Gasteiger partial charge in [-0.3, -0.25) is 9.59 Å². The van der Waals surface area contributed by atoms with E-state index in [0.717, 1.165) is 29.7 Å². The van der Waals surface area contributed by atoms with Crippen LogP contribution in [-0.4, -0.2) is 34.1 Å². The Balaban J connectivity index is 1.47. The summed E-state index contributed by atoms with van der Waals surface area (Å²) in [6, 6.07) is 12.2. The van der Waals surface area contributed by atoms with Crippen molar-refractivity contribution in [3.05, 3.63) is 58.9 Å². The van der Waals surface area contributed by atoms with Crippen molar-refractivity contribution < 1.29 is 14.3 Å². The number of halogens is 1. The van der Waals surface area contributed by atoms with Crippen LogP contribution < -0.4 is 10.6 Å². The van der Waals surface area contributed by atoms with Gasteiger partial charge in [-0.05, 0) is 55.3 Å². The molecule has 0 bridgehead atoms. The van der Waals surface area contributed by atoms with E-state index in [1.165, 1.54) is 0 Å². The molecule has 0 aliphatic carbocycles. The number of aryl methyl sites for hydroxylation is 1. The van der Waals surface area contributed by atoms with Crippen LogP contribution in [0.4, 0.5) is 5.69 Å². The van der Waals surface area contributed by atoms with Crippen molar-refractivity contribution in [2.24, 2.45) is 7.05 Å². The summed E-state index contributed by atoms with van der Waals surface area (Å²) in [4.78, 5) is 29.1. The zero-order valence-electron chi connectivity index (χ0n) is 15.9. The van der Waals surface area contributed by atoms with Gasteiger partial charge in [0, 0.05) is 29.9 Å². The number of aromatic nitrogens is 2. The molecule has 29 heavy (non-hydrogen) atoms. The summed E-state index contributed by atoms with van der Waals surface area (Å²) in [5, 5.41) is 6.34. The van der Waals surface area contributed by atoms with Crippen LogP contribution in [0.1, 0.15) is 29.0 Å². The molecular formula is C21H21ClN4O3. The Morgan fingerprint density at radius 1 is 1.24 bits per heavy atom. The molecule has 1 fully saturated rings. The van der Waals surface area contributed by atoms with E-state index in [1.807, 2.05) is 29.8 Å². The number of hydrogen-bond acceptors (Lipinski definition) is 4. The second-order valence-electron chi connectivity index (χ2n) is 6.97. The Kier molecular flexibility index (Phi) is 5.51. The molecule has 2 N–H and O–H groups in total. The topological polar surface area (TPSA) is 85.2 Å². The lowest BCUT2D eigenvalue weighted by molar-refractivity contribution is -0.130. The van der Waals surface area contributed by atoms with Gasteiger partial charge >= 0.3 is 0 Å². The highest BCUT2D eigenvalue weighted by atomic mass is 35.5. The van der Waals surface area contributed by atoms with Gasteiger partial charge in [0.1, 0.15) is 11.9 Å². The molecule has 0 radical (unpaired) electrons. The second-order valence-corrected chi connectivity index (χ2v) is 7.41. The average Bonchev–Trinajstić information content (AvgIpc) is 3.35. The molecule has 2 heterocycles. The maximum atomic E-state index is 12.4. The summed E-state index contributed by atoms with van der Waals surface area (Å²) < 4.78 is 7.33. The van der Waals surface area contributed by atoms with Gasteiger partial charge in [-0.1, -0.05) is 11.6 Å². The van der Waals surface area contributed by atoms with E-state index in [0.29, 0.717) is 29.4 Å². The van der Waals surface area contributed by atoms with E-state index in [1.54, 1.807) is 24.3 Å². The van der Waals surface area contributed by atoms with Crippen LogP contribution in [0, 0.1) is 0 Å². The molecule has 0 spiro atoms. The largest absolute Gasteiger partial charge is 0.368 e. The summed E-state index contributed by atoms with van der Waals surface area (Å²) in [5.41, 5.74) is 2.82. The molecule has 1 saturated heterocycles. The lowest BCUT2D eigenvalue weighted by atomic mass is 10.2. The van der Waals surface area contributed by atoms with Gasteiger partial charge in [0.05, 0.1) is 17.6 Å². The number of benzene rings is 2. The molecule has 2 aromatic carbocycles. The number of imidazole rings is 1. The molecule has 1 aliphatic heterocycles. The van der Waals surface area contributed by atoms with Crippen molar-refractivity contribution in [1.29, 1.82) is 0 Å².